The van der Waals surface area contributed by atoms with Crippen molar-refractivity contribution in [1.82, 2.24) is 5.32 Å². The third kappa shape index (κ3) is 8.66. The fourth-order valence-electron chi connectivity index (χ4n) is 4.12. The highest BCUT2D eigenvalue weighted by molar-refractivity contribution is 7.92. The summed E-state index contributed by atoms with van der Waals surface area (Å²) in [7, 11) is -2.31. The maximum atomic E-state index is 12.9. The molecule has 0 aliphatic heterocycles. The standard InChI is InChI=1S/C27H36N2O7S/c1-3-34-23-15-17-25(18-16-23)37(32,33)29(2)22-11-13-24(14-12-22)35-20-27(31)36-19-26(30)28-21-9-7-5-4-6-8-10-21/h11-18,21H,3-10,19-20H2,1-2H3,(H,28,30). The van der Waals surface area contributed by atoms with Gasteiger partial charge in [-0.2, -0.15) is 0 Å². The summed E-state index contributed by atoms with van der Waals surface area (Å²) in [5, 5.41) is 2.95. The van der Waals surface area contributed by atoms with Crippen LogP contribution in [0, 0.1) is 0 Å². The van der Waals surface area contributed by atoms with E-state index in [1.165, 1.54) is 38.4 Å². The molecule has 0 aromatic heterocycles. The molecule has 1 aliphatic carbocycles. The van der Waals surface area contributed by atoms with Gasteiger partial charge in [0.1, 0.15) is 11.5 Å². The highest BCUT2D eigenvalue weighted by Crippen LogP contribution is 2.25. The van der Waals surface area contributed by atoms with E-state index in [0.717, 1.165) is 30.0 Å². The van der Waals surface area contributed by atoms with Crippen LogP contribution in [0.3, 0.4) is 0 Å². The molecule has 9 nitrogen and oxygen atoms in total. The summed E-state index contributed by atoms with van der Waals surface area (Å²) in [6.07, 6.45) is 7.73. The monoisotopic (exact) mass is 532 g/mol. The molecule has 3 rings (SSSR count). The Morgan fingerprint density at radius 1 is 0.865 bits per heavy atom. The van der Waals surface area contributed by atoms with Crippen LogP contribution in [0.5, 0.6) is 11.5 Å². The van der Waals surface area contributed by atoms with Crippen LogP contribution in [0.25, 0.3) is 0 Å². The van der Waals surface area contributed by atoms with Crippen molar-refractivity contribution in [3.63, 3.8) is 0 Å². The average Bonchev–Trinajstić information content (AvgIpc) is 2.88. The molecule has 202 valence electrons. The SMILES string of the molecule is CCOc1ccc(S(=O)(=O)N(C)c2ccc(OCC(=O)OCC(=O)NC3CCCCCCC3)cc2)cc1. The lowest BCUT2D eigenvalue weighted by Gasteiger charge is -2.21. The van der Waals surface area contributed by atoms with E-state index < -0.39 is 16.0 Å². The van der Waals surface area contributed by atoms with Gasteiger partial charge in [0, 0.05) is 13.1 Å². The van der Waals surface area contributed by atoms with Crippen molar-refractivity contribution in [3.05, 3.63) is 48.5 Å². The van der Waals surface area contributed by atoms with Crippen LogP contribution >= 0.6 is 0 Å². The van der Waals surface area contributed by atoms with Gasteiger partial charge in [-0.05, 0) is 68.3 Å². The molecular formula is C27H36N2O7S. The van der Waals surface area contributed by atoms with Crippen LogP contribution in [0.1, 0.15) is 51.9 Å². The largest absolute Gasteiger partial charge is 0.494 e. The second kappa shape index (κ2) is 13.9. The number of ether oxygens (including phenoxy) is 3. The van der Waals surface area contributed by atoms with Crippen LogP contribution < -0.4 is 19.1 Å². The third-order valence-corrected chi connectivity index (χ3v) is 7.98. The third-order valence-electron chi connectivity index (χ3n) is 6.18. The van der Waals surface area contributed by atoms with Crippen molar-refractivity contribution >= 4 is 27.6 Å². The molecule has 1 amide bonds. The first kappa shape index (κ1) is 28.3. The van der Waals surface area contributed by atoms with E-state index in [0.29, 0.717) is 23.8 Å². The van der Waals surface area contributed by atoms with Gasteiger partial charge in [0.05, 0.1) is 17.2 Å². The van der Waals surface area contributed by atoms with Gasteiger partial charge in [0.25, 0.3) is 15.9 Å². The number of sulfonamides is 1. The van der Waals surface area contributed by atoms with Gasteiger partial charge in [-0.3, -0.25) is 9.10 Å². The van der Waals surface area contributed by atoms with Gasteiger partial charge in [0.2, 0.25) is 0 Å². The van der Waals surface area contributed by atoms with E-state index in [-0.39, 0.29) is 30.1 Å². The second-order valence-corrected chi connectivity index (χ2v) is 10.9. The van der Waals surface area contributed by atoms with E-state index in [1.54, 1.807) is 36.4 Å². The summed E-state index contributed by atoms with van der Waals surface area (Å²) >= 11 is 0. The number of nitrogens with one attached hydrogen (secondary N) is 1. The maximum absolute atomic E-state index is 12.9. The van der Waals surface area contributed by atoms with Crippen LogP contribution in [0.2, 0.25) is 0 Å². The summed E-state index contributed by atoms with van der Waals surface area (Å²) in [5.41, 5.74) is 0.426. The lowest BCUT2D eigenvalue weighted by atomic mass is 9.97. The van der Waals surface area contributed by atoms with Gasteiger partial charge in [0.15, 0.2) is 13.2 Å². The summed E-state index contributed by atoms with van der Waals surface area (Å²) in [4.78, 5) is 24.3. The Hall–Kier alpha value is -3.27. The molecule has 1 fully saturated rings. The first-order valence-corrected chi connectivity index (χ1v) is 14.1. The molecule has 1 aliphatic rings. The minimum atomic E-state index is -3.77. The number of rotatable bonds is 11. The minimum Gasteiger partial charge on any atom is -0.494 e. The van der Waals surface area contributed by atoms with Gasteiger partial charge >= 0.3 is 5.97 Å². The number of anilines is 1. The molecule has 1 saturated carbocycles. The van der Waals surface area contributed by atoms with E-state index >= 15 is 0 Å². The zero-order valence-electron chi connectivity index (χ0n) is 21.5. The zero-order valence-corrected chi connectivity index (χ0v) is 22.3. The molecule has 0 unspecified atom stereocenters. The Kier molecular flexibility index (Phi) is 10.6. The molecular weight excluding hydrogens is 496 g/mol. The fraction of sp³-hybridized carbons (Fsp3) is 0.481. The molecule has 10 heteroatoms. The van der Waals surface area contributed by atoms with E-state index in [2.05, 4.69) is 5.32 Å². The van der Waals surface area contributed by atoms with Crippen molar-refractivity contribution in [2.24, 2.45) is 0 Å². The molecule has 0 atom stereocenters. The zero-order chi connectivity index (χ0) is 26.7. The summed E-state index contributed by atoms with van der Waals surface area (Å²) < 4.78 is 42.9. The lowest BCUT2D eigenvalue weighted by Crippen LogP contribution is -2.38. The topological polar surface area (TPSA) is 111 Å². The number of benzene rings is 2. The smallest absolute Gasteiger partial charge is 0.344 e. The van der Waals surface area contributed by atoms with Gasteiger partial charge in [-0.1, -0.05) is 32.1 Å². The number of hydrogen-bond acceptors (Lipinski definition) is 7. The number of nitrogens with zero attached hydrogens (tertiary/aromatic N) is 1. The fourth-order valence-corrected chi connectivity index (χ4v) is 5.32. The average molecular weight is 533 g/mol. The predicted molar refractivity (Wildman–Crippen MR) is 140 cm³/mol. The van der Waals surface area contributed by atoms with E-state index in [1.807, 2.05) is 6.92 Å². The highest BCUT2D eigenvalue weighted by atomic mass is 32.2. The van der Waals surface area contributed by atoms with Gasteiger partial charge < -0.3 is 19.5 Å². The van der Waals surface area contributed by atoms with Crippen molar-refractivity contribution in [2.45, 2.75) is 62.8 Å². The Morgan fingerprint density at radius 3 is 2.05 bits per heavy atom. The van der Waals surface area contributed by atoms with Gasteiger partial charge in [-0.25, -0.2) is 13.2 Å². The van der Waals surface area contributed by atoms with Crippen molar-refractivity contribution in [2.75, 3.05) is 31.2 Å². The molecule has 2 aromatic carbocycles. The molecule has 0 heterocycles. The molecule has 0 bridgehead atoms. The number of carbonyl (C=O) groups excluding carboxylic acids is 2. The molecule has 1 N–H and O–H groups in total. The predicted octanol–water partition coefficient (Wildman–Crippen LogP) is 4.06. The second-order valence-electron chi connectivity index (χ2n) is 8.93. The molecule has 0 spiro atoms. The van der Waals surface area contributed by atoms with Crippen LogP contribution in [-0.4, -0.2) is 53.2 Å². The number of amides is 1. The van der Waals surface area contributed by atoms with E-state index in [4.69, 9.17) is 14.2 Å². The molecule has 0 radical (unpaired) electrons. The Labute approximate surface area is 219 Å². The maximum Gasteiger partial charge on any atom is 0.344 e. The minimum absolute atomic E-state index is 0.137. The molecule has 0 saturated heterocycles. The number of carbonyl (C=O) groups is 2. The lowest BCUT2D eigenvalue weighted by molar-refractivity contribution is -0.150. The first-order chi connectivity index (χ1) is 17.8. The normalized spacial score (nSPS) is 14.6. The van der Waals surface area contributed by atoms with Crippen molar-refractivity contribution in [3.8, 4) is 11.5 Å². The summed E-state index contributed by atoms with van der Waals surface area (Å²) in [6.45, 7) is 1.64. The summed E-state index contributed by atoms with van der Waals surface area (Å²) in [5.74, 6) is -0.00144. The number of esters is 1. The molecule has 37 heavy (non-hydrogen) atoms. The number of hydrogen-bond donors (Lipinski definition) is 1. The van der Waals surface area contributed by atoms with Gasteiger partial charge in [-0.15, -0.1) is 0 Å². The Morgan fingerprint density at radius 2 is 1.43 bits per heavy atom. The van der Waals surface area contributed by atoms with Crippen LogP contribution in [-0.2, 0) is 24.3 Å². The van der Waals surface area contributed by atoms with Crippen LogP contribution in [0.4, 0.5) is 5.69 Å². The van der Waals surface area contributed by atoms with Crippen molar-refractivity contribution in [1.29, 1.82) is 0 Å². The molecule has 2 aromatic rings. The Bertz CT molecular complexity index is 1110. The quantitative estimate of drug-likeness (QED) is 0.435. The highest BCUT2D eigenvalue weighted by Gasteiger charge is 2.21. The first-order valence-electron chi connectivity index (χ1n) is 12.7. The van der Waals surface area contributed by atoms with Crippen molar-refractivity contribution < 1.29 is 32.2 Å². The Balaban J connectivity index is 1.45. The summed E-state index contributed by atoms with van der Waals surface area (Å²) in [6, 6.07) is 12.6. The van der Waals surface area contributed by atoms with Crippen LogP contribution in [0.15, 0.2) is 53.4 Å². The van der Waals surface area contributed by atoms with E-state index in [9.17, 15) is 18.0 Å².